The van der Waals surface area contributed by atoms with Crippen LogP contribution >= 0.6 is 11.8 Å². The molecule has 5 nitrogen and oxygen atoms in total. The molecule has 6 heteroatoms. The highest BCUT2D eigenvalue weighted by molar-refractivity contribution is 8.00. The minimum atomic E-state index is -0.288. The van der Waals surface area contributed by atoms with Crippen molar-refractivity contribution in [3.05, 3.63) is 59.5 Å². The summed E-state index contributed by atoms with van der Waals surface area (Å²) < 4.78 is 15.6. The Kier molecular flexibility index (Phi) is 5.05. The molecule has 3 aromatic rings. The fourth-order valence-corrected chi connectivity index (χ4v) is 3.03. The zero-order valence-corrected chi connectivity index (χ0v) is 14.3. The fraction of sp³-hybridized carbons (Fsp3) is 0.222. The van der Waals surface area contributed by atoms with Crippen LogP contribution < -0.4 is 0 Å². The van der Waals surface area contributed by atoms with E-state index in [1.165, 1.54) is 17.3 Å². The number of carbonyl (C=O) groups excluding carboxylic acids is 1. The van der Waals surface area contributed by atoms with E-state index in [1.807, 2.05) is 13.8 Å². The Balaban J connectivity index is 1.50. The smallest absolute Gasteiger partial charge is 0.316 e. The van der Waals surface area contributed by atoms with Crippen LogP contribution in [0.3, 0.4) is 0 Å². The number of hydrogen-bond acceptors (Lipinski definition) is 6. The molecule has 0 fully saturated rings. The standard InChI is InChI=1S/C18H17NO4S/c1-12-5-6-13(2)17(8-12)24-11-18(20)22-10-14-9-16(23-19-14)15-4-3-7-21-15/h3-9H,10-11H2,1-2H3. The molecule has 0 aliphatic carbocycles. The summed E-state index contributed by atoms with van der Waals surface area (Å²) in [5.74, 6) is 1.07. The van der Waals surface area contributed by atoms with E-state index in [0.29, 0.717) is 17.2 Å². The Bertz CT molecular complexity index is 823. The van der Waals surface area contributed by atoms with Crippen LogP contribution in [0.4, 0.5) is 0 Å². The van der Waals surface area contributed by atoms with Crippen molar-refractivity contribution in [2.45, 2.75) is 25.3 Å². The number of carbonyl (C=O) groups is 1. The molecule has 0 bridgehead atoms. The second-order valence-electron chi connectivity index (χ2n) is 5.38. The van der Waals surface area contributed by atoms with Gasteiger partial charge in [0.25, 0.3) is 0 Å². The van der Waals surface area contributed by atoms with E-state index in [1.54, 1.807) is 24.5 Å². The maximum Gasteiger partial charge on any atom is 0.316 e. The average molecular weight is 343 g/mol. The molecule has 0 aliphatic rings. The predicted molar refractivity (Wildman–Crippen MR) is 90.6 cm³/mol. The number of rotatable bonds is 6. The summed E-state index contributed by atoms with van der Waals surface area (Å²) in [7, 11) is 0. The summed E-state index contributed by atoms with van der Waals surface area (Å²) in [6, 6.07) is 11.4. The number of furan rings is 1. The van der Waals surface area contributed by atoms with Gasteiger partial charge < -0.3 is 13.7 Å². The van der Waals surface area contributed by atoms with Crippen molar-refractivity contribution in [1.82, 2.24) is 5.16 Å². The molecule has 0 amide bonds. The number of aryl methyl sites for hydroxylation is 2. The van der Waals surface area contributed by atoms with Gasteiger partial charge in [-0.2, -0.15) is 0 Å². The highest BCUT2D eigenvalue weighted by atomic mass is 32.2. The first kappa shape index (κ1) is 16.4. The Morgan fingerprint density at radius 3 is 2.88 bits per heavy atom. The van der Waals surface area contributed by atoms with Crippen LogP contribution in [0, 0.1) is 13.8 Å². The predicted octanol–water partition coefficient (Wildman–Crippen LogP) is 4.39. The first-order valence-electron chi connectivity index (χ1n) is 7.47. The SMILES string of the molecule is Cc1ccc(C)c(SCC(=O)OCc2cc(-c3ccco3)on2)c1. The van der Waals surface area contributed by atoms with Crippen molar-refractivity contribution in [3.8, 4) is 11.5 Å². The van der Waals surface area contributed by atoms with Crippen LogP contribution in [0.5, 0.6) is 0 Å². The van der Waals surface area contributed by atoms with Gasteiger partial charge in [0.05, 0.1) is 12.0 Å². The largest absolute Gasteiger partial charge is 0.461 e. The minimum absolute atomic E-state index is 0.0798. The molecule has 1 aromatic carbocycles. The normalized spacial score (nSPS) is 10.8. The maximum atomic E-state index is 11.9. The molecule has 0 N–H and O–H groups in total. The molecule has 0 saturated carbocycles. The van der Waals surface area contributed by atoms with Crippen molar-refractivity contribution in [2.75, 3.05) is 5.75 Å². The van der Waals surface area contributed by atoms with Crippen molar-refractivity contribution in [2.24, 2.45) is 0 Å². The van der Waals surface area contributed by atoms with Crippen molar-refractivity contribution >= 4 is 17.7 Å². The van der Waals surface area contributed by atoms with E-state index in [2.05, 4.69) is 23.4 Å². The van der Waals surface area contributed by atoms with Gasteiger partial charge >= 0.3 is 5.97 Å². The Morgan fingerprint density at radius 2 is 2.08 bits per heavy atom. The van der Waals surface area contributed by atoms with E-state index in [-0.39, 0.29) is 18.3 Å². The molecule has 3 rings (SSSR count). The summed E-state index contributed by atoms with van der Waals surface area (Å²) in [5, 5.41) is 3.87. The summed E-state index contributed by atoms with van der Waals surface area (Å²) in [5.41, 5.74) is 2.87. The molecule has 0 atom stereocenters. The van der Waals surface area contributed by atoms with Gasteiger partial charge in [0.1, 0.15) is 12.3 Å². The van der Waals surface area contributed by atoms with Crippen molar-refractivity contribution in [3.63, 3.8) is 0 Å². The fourth-order valence-electron chi connectivity index (χ4n) is 2.11. The third-order valence-electron chi connectivity index (χ3n) is 3.39. The van der Waals surface area contributed by atoms with Gasteiger partial charge in [-0.25, -0.2) is 0 Å². The first-order valence-corrected chi connectivity index (χ1v) is 8.45. The molecule has 2 aromatic heterocycles. The number of esters is 1. The number of thioether (sulfide) groups is 1. The van der Waals surface area contributed by atoms with Crippen LogP contribution in [-0.2, 0) is 16.1 Å². The average Bonchev–Trinajstić information content (AvgIpc) is 3.24. The molecule has 0 aliphatic heterocycles. The molecular formula is C18H17NO4S. The summed E-state index contributed by atoms with van der Waals surface area (Å²) >= 11 is 1.47. The molecule has 124 valence electrons. The molecular weight excluding hydrogens is 326 g/mol. The van der Waals surface area contributed by atoms with Gasteiger partial charge in [-0.1, -0.05) is 22.9 Å². The van der Waals surface area contributed by atoms with E-state index >= 15 is 0 Å². The molecule has 0 spiro atoms. The number of nitrogens with zero attached hydrogens (tertiary/aromatic N) is 1. The zero-order chi connectivity index (χ0) is 16.9. The Hall–Kier alpha value is -2.47. The van der Waals surface area contributed by atoms with Gasteiger partial charge in [-0.05, 0) is 37.6 Å². The molecule has 24 heavy (non-hydrogen) atoms. The van der Waals surface area contributed by atoms with Crippen LogP contribution in [0.25, 0.3) is 11.5 Å². The third kappa shape index (κ3) is 4.08. The van der Waals surface area contributed by atoms with Crippen LogP contribution in [0.1, 0.15) is 16.8 Å². The van der Waals surface area contributed by atoms with Crippen molar-refractivity contribution < 1.29 is 18.5 Å². The van der Waals surface area contributed by atoms with E-state index < -0.39 is 0 Å². The molecule has 0 saturated heterocycles. The van der Waals surface area contributed by atoms with E-state index in [0.717, 1.165) is 10.5 Å². The summed E-state index contributed by atoms with van der Waals surface area (Å²) in [6.07, 6.45) is 1.56. The lowest BCUT2D eigenvalue weighted by Crippen LogP contribution is -2.07. The number of benzene rings is 1. The van der Waals surface area contributed by atoms with Gasteiger partial charge in [-0.3, -0.25) is 4.79 Å². The van der Waals surface area contributed by atoms with Crippen LogP contribution in [0.15, 0.2) is 56.5 Å². The lowest BCUT2D eigenvalue weighted by atomic mass is 10.2. The van der Waals surface area contributed by atoms with Gasteiger partial charge in [0, 0.05) is 11.0 Å². The monoisotopic (exact) mass is 343 g/mol. The molecule has 0 unspecified atom stereocenters. The maximum absolute atomic E-state index is 11.9. The lowest BCUT2D eigenvalue weighted by Gasteiger charge is -2.06. The quantitative estimate of drug-likeness (QED) is 0.488. The topological polar surface area (TPSA) is 65.5 Å². The van der Waals surface area contributed by atoms with Crippen molar-refractivity contribution in [1.29, 1.82) is 0 Å². The highest BCUT2D eigenvalue weighted by Crippen LogP contribution is 2.24. The van der Waals surface area contributed by atoms with Gasteiger partial charge in [-0.15, -0.1) is 11.8 Å². The van der Waals surface area contributed by atoms with Crippen LogP contribution in [0.2, 0.25) is 0 Å². The van der Waals surface area contributed by atoms with E-state index in [4.69, 9.17) is 13.7 Å². The highest BCUT2D eigenvalue weighted by Gasteiger charge is 2.12. The molecule has 0 radical (unpaired) electrons. The second-order valence-corrected chi connectivity index (χ2v) is 6.40. The van der Waals surface area contributed by atoms with Gasteiger partial charge in [0.15, 0.2) is 5.76 Å². The summed E-state index contributed by atoms with van der Waals surface area (Å²) in [4.78, 5) is 13.0. The Labute approximate surface area is 144 Å². The van der Waals surface area contributed by atoms with Crippen LogP contribution in [-0.4, -0.2) is 16.9 Å². The zero-order valence-electron chi connectivity index (χ0n) is 13.4. The lowest BCUT2D eigenvalue weighted by molar-refractivity contribution is -0.141. The third-order valence-corrected chi connectivity index (χ3v) is 4.52. The molecule has 2 heterocycles. The minimum Gasteiger partial charge on any atom is -0.461 e. The number of hydrogen-bond donors (Lipinski definition) is 0. The Morgan fingerprint density at radius 1 is 1.21 bits per heavy atom. The first-order chi connectivity index (χ1) is 11.6. The number of aromatic nitrogens is 1. The van der Waals surface area contributed by atoms with Gasteiger partial charge in [0.2, 0.25) is 5.76 Å². The second kappa shape index (κ2) is 7.40. The van der Waals surface area contributed by atoms with E-state index in [9.17, 15) is 4.79 Å². The number of ether oxygens (including phenoxy) is 1. The summed E-state index contributed by atoms with van der Waals surface area (Å²) in [6.45, 7) is 4.14.